The lowest BCUT2D eigenvalue weighted by atomic mass is 10.0. The van der Waals surface area contributed by atoms with Crippen LogP contribution in [0, 0.1) is 0 Å². The molecule has 2 aromatic heterocycles. The molecule has 2 amide bonds. The molecule has 0 aliphatic carbocycles. The minimum absolute atomic E-state index is 0.0674. The Hall–Kier alpha value is -3.57. The molecule has 162 valence electrons. The summed E-state index contributed by atoms with van der Waals surface area (Å²) in [5.41, 5.74) is 6.70. The molecule has 0 bridgehead atoms. The van der Waals surface area contributed by atoms with Gasteiger partial charge in [-0.2, -0.15) is 4.72 Å². The molecule has 0 aliphatic rings. The highest BCUT2D eigenvalue weighted by atomic mass is 32.2. The number of carbonyl (C=O) groups excluding carboxylic acids is 2. The van der Waals surface area contributed by atoms with E-state index in [1.165, 1.54) is 30.9 Å². The number of rotatable bonds is 10. The third-order valence-corrected chi connectivity index (χ3v) is 5.93. The third-order valence-electron chi connectivity index (χ3n) is 4.47. The van der Waals surface area contributed by atoms with Gasteiger partial charge in [-0.3, -0.25) is 14.6 Å². The average Bonchev–Trinajstić information content (AvgIpc) is 3.27. The molecule has 10 nitrogen and oxygen atoms in total. The number of benzene rings is 1. The number of carbonyl (C=O) groups is 2. The summed E-state index contributed by atoms with van der Waals surface area (Å²) in [6, 6.07) is 9.52. The maximum atomic E-state index is 13.0. The Bertz CT molecular complexity index is 1110. The van der Waals surface area contributed by atoms with Crippen molar-refractivity contribution < 1.29 is 18.0 Å². The summed E-state index contributed by atoms with van der Waals surface area (Å²) in [6.45, 7) is 0. The number of nitrogens with two attached hydrogens (primary N) is 1. The van der Waals surface area contributed by atoms with Crippen LogP contribution >= 0.6 is 0 Å². The summed E-state index contributed by atoms with van der Waals surface area (Å²) >= 11 is 0. The van der Waals surface area contributed by atoms with Crippen molar-refractivity contribution in [3.8, 4) is 0 Å². The van der Waals surface area contributed by atoms with Gasteiger partial charge in [0, 0.05) is 25.0 Å². The number of hydrogen-bond donors (Lipinski definition) is 4. The molecule has 0 saturated carbocycles. The van der Waals surface area contributed by atoms with Crippen LogP contribution in [0.3, 0.4) is 0 Å². The average molecular weight is 443 g/mol. The van der Waals surface area contributed by atoms with Crippen LogP contribution in [0.25, 0.3) is 0 Å². The fourth-order valence-electron chi connectivity index (χ4n) is 2.91. The van der Waals surface area contributed by atoms with Crippen LogP contribution in [-0.2, 0) is 32.5 Å². The van der Waals surface area contributed by atoms with E-state index in [4.69, 9.17) is 5.73 Å². The van der Waals surface area contributed by atoms with Crippen LogP contribution in [0.1, 0.15) is 11.3 Å². The van der Waals surface area contributed by atoms with Crippen molar-refractivity contribution >= 4 is 21.8 Å². The first-order valence-electron chi connectivity index (χ1n) is 9.39. The number of nitrogens with zero attached hydrogens (tertiary/aromatic N) is 2. The Kier molecular flexibility index (Phi) is 7.11. The lowest BCUT2D eigenvalue weighted by Gasteiger charge is -2.22. The second kappa shape index (κ2) is 9.96. The van der Waals surface area contributed by atoms with Crippen LogP contribution in [0.4, 0.5) is 0 Å². The highest BCUT2D eigenvalue weighted by Gasteiger charge is 2.29. The largest absolute Gasteiger partial charge is 0.368 e. The summed E-state index contributed by atoms with van der Waals surface area (Å²) in [6.07, 6.45) is 5.78. The van der Waals surface area contributed by atoms with Gasteiger partial charge in [0.15, 0.2) is 0 Å². The van der Waals surface area contributed by atoms with Crippen molar-refractivity contribution in [3.05, 3.63) is 78.6 Å². The maximum Gasteiger partial charge on any atom is 0.242 e. The molecule has 3 aromatic rings. The minimum Gasteiger partial charge on any atom is -0.368 e. The molecule has 0 radical (unpaired) electrons. The Morgan fingerprint density at radius 3 is 2.45 bits per heavy atom. The fourth-order valence-corrected chi connectivity index (χ4v) is 4.06. The Morgan fingerprint density at radius 2 is 1.84 bits per heavy atom. The van der Waals surface area contributed by atoms with Crippen molar-refractivity contribution in [3.63, 3.8) is 0 Å². The van der Waals surface area contributed by atoms with Gasteiger partial charge in [-0.25, -0.2) is 13.4 Å². The molecule has 5 N–H and O–H groups in total. The molecule has 3 rings (SSSR count). The topological polar surface area (TPSA) is 160 Å². The van der Waals surface area contributed by atoms with E-state index in [-0.39, 0.29) is 17.7 Å². The van der Waals surface area contributed by atoms with E-state index in [9.17, 15) is 18.0 Å². The number of H-pyrrole nitrogens is 1. The minimum atomic E-state index is -4.04. The number of aromatic amines is 1. The van der Waals surface area contributed by atoms with Crippen LogP contribution in [0.15, 0.2) is 72.3 Å². The second-order valence-electron chi connectivity index (χ2n) is 6.78. The van der Waals surface area contributed by atoms with Gasteiger partial charge in [-0.15, -0.1) is 0 Å². The predicted molar refractivity (Wildman–Crippen MR) is 112 cm³/mol. The molecule has 0 unspecified atom stereocenters. The monoisotopic (exact) mass is 442 g/mol. The number of hydrogen-bond acceptors (Lipinski definition) is 6. The van der Waals surface area contributed by atoms with Crippen LogP contribution in [-0.4, -0.2) is 47.3 Å². The van der Waals surface area contributed by atoms with Crippen molar-refractivity contribution in [2.24, 2.45) is 5.73 Å². The molecule has 0 aliphatic heterocycles. The van der Waals surface area contributed by atoms with Gasteiger partial charge in [-0.1, -0.05) is 30.3 Å². The maximum absolute atomic E-state index is 13.0. The molecule has 0 fully saturated rings. The SMILES string of the molecule is NC(=O)[C@H](Cc1c[nH]cn1)NC(=O)[C@H](Cc1ccccc1)NS(=O)(=O)c1cccnc1. The highest BCUT2D eigenvalue weighted by Crippen LogP contribution is 2.11. The van der Waals surface area contributed by atoms with Crippen molar-refractivity contribution in [2.45, 2.75) is 29.8 Å². The van der Waals surface area contributed by atoms with Gasteiger partial charge in [0.05, 0.1) is 12.0 Å². The van der Waals surface area contributed by atoms with Gasteiger partial charge in [-0.05, 0) is 24.1 Å². The highest BCUT2D eigenvalue weighted by molar-refractivity contribution is 7.89. The van der Waals surface area contributed by atoms with Gasteiger partial charge in [0.2, 0.25) is 21.8 Å². The lowest BCUT2D eigenvalue weighted by molar-refractivity contribution is -0.128. The van der Waals surface area contributed by atoms with E-state index in [1.54, 1.807) is 30.5 Å². The first kappa shape index (κ1) is 22.1. The summed E-state index contributed by atoms with van der Waals surface area (Å²) in [7, 11) is -4.04. The van der Waals surface area contributed by atoms with Crippen LogP contribution in [0.5, 0.6) is 0 Å². The van der Waals surface area contributed by atoms with Crippen molar-refractivity contribution in [2.75, 3.05) is 0 Å². The van der Waals surface area contributed by atoms with E-state index in [2.05, 4.69) is 25.0 Å². The standard InChI is InChI=1S/C20H22N6O4S/c21-19(27)17(10-15-11-23-13-24-15)25-20(28)18(9-14-5-2-1-3-6-14)26-31(29,30)16-7-4-8-22-12-16/h1-8,11-13,17-18,26H,9-10H2,(H2,21,27)(H,23,24)(H,25,28)/t17-,18-/m0/s1. The number of amides is 2. The Labute approximate surface area is 179 Å². The van der Waals surface area contributed by atoms with Crippen LogP contribution < -0.4 is 15.8 Å². The van der Waals surface area contributed by atoms with E-state index >= 15 is 0 Å². The quantitative estimate of drug-likeness (QED) is 0.343. The van der Waals surface area contributed by atoms with Gasteiger partial charge < -0.3 is 16.0 Å². The Morgan fingerprint density at radius 1 is 1.06 bits per heavy atom. The predicted octanol–water partition coefficient (Wildman–Crippen LogP) is -0.0929. The van der Waals surface area contributed by atoms with E-state index < -0.39 is 33.9 Å². The zero-order chi connectivity index (χ0) is 22.3. The first-order valence-corrected chi connectivity index (χ1v) is 10.9. The van der Waals surface area contributed by atoms with Gasteiger partial charge in [0.25, 0.3) is 0 Å². The first-order chi connectivity index (χ1) is 14.8. The van der Waals surface area contributed by atoms with Crippen molar-refractivity contribution in [1.29, 1.82) is 0 Å². The zero-order valence-electron chi connectivity index (χ0n) is 16.4. The van der Waals surface area contributed by atoms with Gasteiger partial charge in [0.1, 0.15) is 17.0 Å². The number of nitrogens with one attached hydrogen (secondary N) is 3. The molecule has 2 heterocycles. The number of imidazole rings is 1. The number of primary amides is 1. The van der Waals surface area contributed by atoms with Crippen LogP contribution in [0.2, 0.25) is 0 Å². The molecule has 2 atom stereocenters. The molecule has 1 aromatic carbocycles. The van der Waals surface area contributed by atoms with E-state index in [0.717, 1.165) is 5.56 Å². The second-order valence-corrected chi connectivity index (χ2v) is 8.49. The summed E-state index contributed by atoms with van der Waals surface area (Å²) in [4.78, 5) is 35.4. The molecule has 0 spiro atoms. The number of sulfonamides is 1. The molecule has 0 saturated heterocycles. The molecular weight excluding hydrogens is 420 g/mol. The normalized spacial score (nSPS) is 13.3. The molecular formula is C20H22N6O4S. The summed E-state index contributed by atoms with van der Waals surface area (Å²) in [5.74, 6) is -1.44. The smallest absolute Gasteiger partial charge is 0.242 e. The van der Waals surface area contributed by atoms with E-state index in [0.29, 0.717) is 5.69 Å². The summed E-state index contributed by atoms with van der Waals surface area (Å²) < 4.78 is 28.0. The number of aromatic nitrogens is 3. The molecule has 31 heavy (non-hydrogen) atoms. The fraction of sp³-hybridized carbons (Fsp3) is 0.200. The lowest BCUT2D eigenvalue weighted by Crippen LogP contribution is -2.54. The van der Waals surface area contributed by atoms with Crippen molar-refractivity contribution in [1.82, 2.24) is 25.0 Å². The third kappa shape index (κ3) is 6.20. The van der Waals surface area contributed by atoms with Gasteiger partial charge >= 0.3 is 0 Å². The summed E-state index contributed by atoms with van der Waals surface area (Å²) in [5, 5.41) is 2.54. The molecule has 11 heteroatoms. The number of pyridine rings is 1. The van der Waals surface area contributed by atoms with E-state index in [1.807, 2.05) is 6.07 Å². The zero-order valence-corrected chi connectivity index (χ0v) is 17.2. The Balaban J connectivity index is 1.82.